The predicted octanol–water partition coefficient (Wildman–Crippen LogP) is 4.93. The molecule has 0 saturated carbocycles. The van der Waals surface area contributed by atoms with Crippen molar-refractivity contribution in [1.82, 2.24) is 0 Å². The maximum Gasteiger partial charge on any atom is 0.0885 e. The molecule has 4 heteroatoms. The zero-order valence-electron chi connectivity index (χ0n) is 10.1. The Bertz CT molecular complexity index is 571. The largest absolute Gasteiger partial charge is 0.382 e. The van der Waals surface area contributed by atoms with Crippen molar-refractivity contribution in [3.63, 3.8) is 0 Å². The third-order valence-electron chi connectivity index (χ3n) is 2.80. The Hall–Kier alpha value is -1.31. The van der Waals surface area contributed by atoms with Crippen molar-refractivity contribution in [2.45, 2.75) is 5.92 Å². The number of nitriles is 1. The van der Waals surface area contributed by atoms with Gasteiger partial charge in [-0.05, 0) is 49.6 Å². The first kappa shape index (κ1) is 14.1. The van der Waals surface area contributed by atoms with Gasteiger partial charge in [-0.3, -0.25) is 0 Å². The van der Waals surface area contributed by atoms with E-state index in [0.717, 1.165) is 20.2 Å². The molecule has 0 heterocycles. The fourth-order valence-electron chi connectivity index (χ4n) is 1.79. The van der Waals surface area contributed by atoms with Crippen molar-refractivity contribution in [3.8, 4) is 6.07 Å². The number of hydrogen-bond acceptors (Lipinski definition) is 2. The number of rotatable bonds is 4. The van der Waals surface area contributed by atoms with Crippen LogP contribution in [0.15, 0.2) is 57.5 Å². The van der Waals surface area contributed by atoms with E-state index in [-0.39, 0.29) is 5.92 Å². The number of nitrogens with one attached hydrogen (secondary N) is 1. The average molecular weight is 380 g/mol. The van der Waals surface area contributed by atoms with E-state index >= 15 is 0 Å². The van der Waals surface area contributed by atoms with E-state index in [9.17, 15) is 5.26 Å². The highest BCUT2D eigenvalue weighted by Crippen LogP contribution is 2.31. The molecule has 2 aromatic rings. The summed E-state index contributed by atoms with van der Waals surface area (Å²) in [5.41, 5.74) is 2.00. The van der Waals surface area contributed by atoms with Crippen molar-refractivity contribution in [2.24, 2.45) is 0 Å². The van der Waals surface area contributed by atoms with E-state index in [1.807, 2.05) is 48.5 Å². The lowest BCUT2D eigenvalue weighted by atomic mass is 10.0. The zero-order valence-corrected chi connectivity index (χ0v) is 13.3. The molecule has 19 heavy (non-hydrogen) atoms. The highest BCUT2D eigenvalue weighted by Gasteiger charge is 2.11. The van der Waals surface area contributed by atoms with Crippen molar-refractivity contribution in [1.29, 1.82) is 5.26 Å². The molecule has 0 radical (unpaired) electrons. The van der Waals surface area contributed by atoms with Crippen LogP contribution in [0.1, 0.15) is 11.5 Å². The molecule has 2 nitrogen and oxygen atoms in total. The second kappa shape index (κ2) is 6.74. The first-order chi connectivity index (χ1) is 9.22. The molecule has 0 aliphatic rings. The van der Waals surface area contributed by atoms with Gasteiger partial charge in [0.2, 0.25) is 0 Å². The molecule has 0 aromatic heterocycles. The van der Waals surface area contributed by atoms with E-state index < -0.39 is 0 Å². The minimum atomic E-state index is -0.166. The van der Waals surface area contributed by atoms with E-state index in [1.165, 1.54) is 0 Å². The topological polar surface area (TPSA) is 35.8 Å². The minimum Gasteiger partial charge on any atom is -0.382 e. The molecule has 2 aromatic carbocycles. The maximum absolute atomic E-state index is 9.28. The predicted molar refractivity (Wildman–Crippen MR) is 85.1 cm³/mol. The SMILES string of the molecule is N#CC(CNc1c(Br)cccc1Br)c1ccccc1. The minimum absolute atomic E-state index is 0.166. The molecule has 0 fully saturated rings. The highest BCUT2D eigenvalue weighted by molar-refractivity contribution is 9.11. The van der Waals surface area contributed by atoms with E-state index in [1.54, 1.807) is 0 Å². The monoisotopic (exact) mass is 378 g/mol. The molecule has 96 valence electrons. The van der Waals surface area contributed by atoms with Gasteiger partial charge < -0.3 is 5.32 Å². The first-order valence-electron chi connectivity index (χ1n) is 5.85. The van der Waals surface area contributed by atoms with Gasteiger partial charge in [0.15, 0.2) is 0 Å². The van der Waals surface area contributed by atoms with Crippen LogP contribution < -0.4 is 5.32 Å². The Morgan fingerprint density at radius 1 is 1.00 bits per heavy atom. The van der Waals surface area contributed by atoms with Gasteiger partial charge in [0.1, 0.15) is 0 Å². The molecule has 1 atom stereocenters. The van der Waals surface area contributed by atoms with Crippen molar-refractivity contribution in [3.05, 3.63) is 63.0 Å². The molecular formula is C15H12Br2N2. The molecule has 0 aliphatic heterocycles. The van der Waals surface area contributed by atoms with Gasteiger partial charge in [0.05, 0.1) is 17.7 Å². The maximum atomic E-state index is 9.28. The lowest BCUT2D eigenvalue weighted by molar-refractivity contribution is 0.899. The standard InChI is InChI=1S/C15H12Br2N2/c16-13-7-4-8-14(17)15(13)19-10-12(9-18)11-5-2-1-3-6-11/h1-8,12,19H,10H2. The molecule has 1 unspecified atom stereocenters. The first-order valence-corrected chi connectivity index (χ1v) is 7.43. The molecule has 0 bridgehead atoms. The van der Waals surface area contributed by atoms with E-state index in [4.69, 9.17) is 0 Å². The van der Waals surface area contributed by atoms with E-state index in [0.29, 0.717) is 6.54 Å². The van der Waals surface area contributed by atoms with Crippen molar-refractivity contribution < 1.29 is 0 Å². The smallest absolute Gasteiger partial charge is 0.0885 e. The summed E-state index contributed by atoms with van der Waals surface area (Å²) in [7, 11) is 0. The molecule has 2 rings (SSSR count). The quantitative estimate of drug-likeness (QED) is 0.817. The summed E-state index contributed by atoms with van der Waals surface area (Å²) < 4.78 is 1.96. The summed E-state index contributed by atoms with van der Waals surface area (Å²) in [5.74, 6) is -0.166. The van der Waals surface area contributed by atoms with Gasteiger partial charge in [0.25, 0.3) is 0 Å². The highest BCUT2D eigenvalue weighted by atomic mass is 79.9. The van der Waals surface area contributed by atoms with Crippen molar-refractivity contribution in [2.75, 3.05) is 11.9 Å². The molecule has 1 N–H and O–H groups in total. The Morgan fingerprint density at radius 3 is 2.21 bits per heavy atom. The fourth-order valence-corrected chi connectivity index (χ4v) is 3.07. The Labute approximate surface area is 129 Å². The Morgan fingerprint density at radius 2 is 1.63 bits per heavy atom. The Kier molecular flexibility index (Phi) is 5.00. The number of halogens is 2. The van der Waals surface area contributed by atoms with Crippen LogP contribution in [0.3, 0.4) is 0 Å². The van der Waals surface area contributed by atoms with Gasteiger partial charge >= 0.3 is 0 Å². The number of nitrogens with zero attached hydrogens (tertiary/aromatic N) is 1. The van der Waals surface area contributed by atoms with E-state index in [2.05, 4.69) is 43.2 Å². The van der Waals surface area contributed by atoms with Gasteiger partial charge in [-0.15, -0.1) is 0 Å². The number of para-hydroxylation sites is 1. The average Bonchev–Trinajstić information content (AvgIpc) is 2.43. The lowest BCUT2D eigenvalue weighted by Gasteiger charge is -2.14. The normalized spacial score (nSPS) is 11.6. The third-order valence-corrected chi connectivity index (χ3v) is 4.13. The summed E-state index contributed by atoms with van der Waals surface area (Å²) in [6.07, 6.45) is 0. The second-order valence-corrected chi connectivity index (χ2v) is 5.78. The number of anilines is 1. The summed E-state index contributed by atoms with van der Waals surface area (Å²) >= 11 is 7.00. The summed E-state index contributed by atoms with van der Waals surface area (Å²) in [4.78, 5) is 0. The van der Waals surface area contributed by atoms with Crippen LogP contribution in [0.4, 0.5) is 5.69 Å². The van der Waals surface area contributed by atoms with Crippen LogP contribution in [-0.4, -0.2) is 6.54 Å². The molecule has 0 saturated heterocycles. The zero-order chi connectivity index (χ0) is 13.7. The lowest BCUT2D eigenvalue weighted by Crippen LogP contribution is -2.11. The summed E-state index contributed by atoms with van der Waals surface area (Å²) in [6.45, 7) is 0.571. The number of hydrogen-bond donors (Lipinski definition) is 1. The third kappa shape index (κ3) is 3.59. The van der Waals surface area contributed by atoms with Crippen molar-refractivity contribution >= 4 is 37.5 Å². The second-order valence-electron chi connectivity index (χ2n) is 4.07. The molecule has 0 aliphatic carbocycles. The van der Waals surface area contributed by atoms with Gasteiger partial charge in [-0.1, -0.05) is 36.4 Å². The van der Waals surface area contributed by atoms with Crippen LogP contribution in [0.25, 0.3) is 0 Å². The summed E-state index contributed by atoms with van der Waals surface area (Å²) in [6, 6.07) is 18.0. The molecule has 0 spiro atoms. The van der Waals surface area contributed by atoms with Gasteiger partial charge in [-0.25, -0.2) is 0 Å². The van der Waals surface area contributed by atoms with Crippen LogP contribution >= 0.6 is 31.9 Å². The van der Waals surface area contributed by atoms with Crippen LogP contribution in [0.5, 0.6) is 0 Å². The van der Waals surface area contributed by atoms with Crippen LogP contribution in [0.2, 0.25) is 0 Å². The molecular weight excluding hydrogens is 368 g/mol. The van der Waals surface area contributed by atoms with Gasteiger partial charge in [-0.2, -0.15) is 5.26 Å². The van der Waals surface area contributed by atoms with Crippen LogP contribution in [0, 0.1) is 11.3 Å². The Balaban J connectivity index is 2.12. The van der Waals surface area contributed by atoms with Crippen LogP contribution in [-0.2, 0) is 0 Å². The number of benzene rings is 2. The van der Waals surface area contributed by atoms with Gasteiger partial charge in [0, 0.05) is 15.5 Å². The summed E-state index contributed by atoms with van der Waals surface area (Å²) in [5, 5.41) is 12.6. The fraction of sp³-hybridized carbons (Fsp3) is 0.133. The molecule has 0 amide bonds.